The maximum atomic E-state index is 14.1. The van der Waals surface area contributed by atoms with Crippen molar-refractivity contribution in [1.29, 1.82) is 0 Å². The van der Waals surface area contributed by atoms with Crippen LogP contribution in [0.1, 0.15) is 45.2 Å². The number of carbonyl (C=O) groups is 2. The summed E-state index contributed by atoms with van der Waals surface area (Å²) in [6, 6.07) is 19.1. The summed E-state index contributed by atoms with van der Waals surface area (Å²) in [4.78, 5) is 28.9. The standard InChI is InChI=1S/C31H37Cl2N3O4S/c1-5-23-12-16-26(17-13-23)36(41(39,40)27-10-8-7-9-11-27)21-30(37)35(20-24-14-15-25(32)18-28(24)33)29(6-2)31(38)34-19-22(3)4/h7-18,22,29H,5-6,19-21H2,1-4H3,(H,34,38). The molecule has 3 aromatic rings. The van der Waals surface area contributed by atoms with Gasteiger partial charge in [-0.2, -0.15) is 0 Å². The van der Waals surface area contributed by atoms with Gasteiger partial charge in [0.2, 0.25) is 11.8 Å². The zero-order chi connectivity index (χ0) is 30.2. The number of hydrogen-bond acceptors (Lipinski definition) is 4. The summed E-state index contributed by atoms with van der Waals surface area (Å²) in [7, 11) is -4.12. The van der Waals surface area contributed by atoms with Crippen molar-refractivity contribution in [2.45, 2.75) is 58.0 Å². The van der Waals surface area contributed by atoms with Crippen LogP contribution in [0.15, 0.2) is 77.7 Å². The van der Waals surface area contributed by atoms with Crippen LogP contribution in [0.4, 0.5) is 5.69 Å². The Morgan fingerprint density at radius 3 is 2.15 bits per heavy atom. The summed E-state index contributed by atoms with van der Waals surface area (Å²) in [5.74, 6) is -0.644. The molecule has 0 heterocycles. The van der Waals surface area contributed by atoms with E-state index in [0.717, 1.165) is 16.3 Å². The van der Waals surface area contributed by atoms with Gasteiger partial charge in [-0.3, -0.25) is 13.9 Å². The fraction of sp³-hybridized carbons (Fsp3) is 0.355. The second-order valence-corrected chi connectivity index (χ2v) is 12.9. The number of benzene rings is 3. The van der Waals surface area contributed by atoms with Crippen molar-refractivity contribution in [3.05, 3.63) is 94.0 Å². The summed E-state index contributed by atoms with van der Waals surface area (Å²) in [6.07, 6.45) is 1.10. The van der Waals surface area contributed by atoms with Crippen LogP contribution in [-0.2, 0) is 32.6 Å². The quantitative estimate of drug-likeness (QED) is 0.243. The van der Waals surface area contributed by atoms with Gasteiger partial charge < -0.3 is 10.2 Å². The molecule has 0 aliphatic heterocycles. The topological polar surface area (TPSA) is 86.8 Å². The second-order valence-electron chi connectivity index (χ2n) is 10.2. The molecule has 2 amide bonds. The van der Waals surface area contributed by atoms with E-state index in [-0.39, 0.29) is 23.3 Å². The summed E-state index contributed by atoms with van der Waals surface area (Å²) >= 11 is 12.6. The third-order valence-electron chi connectivity index (χ3n) is 6.67. The number of nitrogens with one attached hydrogen (secondary N) is 1. The molecule has 0 radical (unpaired) electrons. The number of sulfonamides is 1. The zero-order valence-electron chi connectivity index (χ0n) is 23.8. The van der Waals surface area contributed by atoms with Crippen LogP contribution in [0.3, 0.4) is 0 Å². The van der Waals surface area contributed by atoms with Crippen LogP contribution in [-0.4, -0.2) is 44.3 Å². The highest BCUT2D eigenvalue weighted by Gasteiger charge is 2.34. The third kappa shape index (κ3) is 8.47. The molecule has 41 heavy (non-hydrogen) atoms. The lowest BCUT2D eigenvalue weighted by Crippen LogP contribution is -2.52. The molecule has 0 bridgehead atoms. The molecule has 10 heteroatoms. The monoisotopic (exact) mass is 617 g/mol. The molecule has 1 unspecified atom stereocenters. The van der Waals surface area contributed by atoms with Crippen LogP contribution in [0, 0.1) is 5.92 Å². The molecule has 1 atom stereocenters. The lowest BCUT2D eigenvalue weighted by Gasteiger charge is -2.33. The summed E-state index contributed by atoms with van der Waals surface area (Å²) in [6.45, 7) is 7.70. The molecule has 0 saturated heterocycles. The van der Waals surface area contributed by atoms with E-state index in [1.54, 1.807) is 48.5 Å². The fourth-order valence-electron chi connectivity index (χ4n) is 4.32. The van der Waals surface area contributed by atoms with Crippen molar-refractivity contribution < 1.29 is 18.0 Å². The maximum absolute atomic E-state index is 14.1. The van der Waals surface area contributed by atoms with E-state index in [4.69, 9.17) is 23.2 Å². The molecule has 3 aromatic carbocycles. The summed E-state index contributed by atoms with van der Waals surface area (Å²) in [5.41, 5.74) is 1.97. The number of amides is 2. The normalized spacial score (nSPS) is 12.2. The van der Waals surface area contributed by atoms with Crippen LogP contribution < -0.4 is 9.62 Å². The first-order chi connectivity index (χ1) is 19.5. The van der Waals surface area contributed by atoms with Crippen LogP contribution >= 0.6 is 23.2 Å². The first-order valence-corrected chi connectivity index (χ1v) is 15.8. The number of halogens is 2. The molecular formula is C31H37Cl2N3O4S. The number of aryl methyl sites for hydroxylation is 1. The van der Waals surface area contributed by atoms with E-state index >= 15 is 0 Å². The molecular weight excluding hydrogens is 581 g/mol. The van der Waals surface area contributed by atoms with Gasteiger partial charge in [-0.1, -0.05) is 87.3 Å². The molecule has 0 aliphatic rings. The van der Waals surface area contributed by atoms with E-state index in [1.807, 2.05) is 39.8 Å². The van der Waals surface area contributed by atoms with E-state index in [0.29, 0.717) is 34.3 Å². The Bertz CT molecular complexity index is 1430. The molecule has 0 aromatic heterocycles. The Morgan fingerprint density at radius 1 is 0.927 bits per heavy atom. The van der Waals surface area contributed by atoms with Gasteiger partial charge in [0.05, 0.1) is 10.6 Å². The Balaban J connectivity index is 2.06. The first-order valence-electron chi connectivity index (χ1n) is 13.7. The van der Waals surface area contributed by atoms with Gasteiger partial charge in [-0.05, 0) is 66.3 Å². The van der Waals surface area contributed by atoms with Crippen molar-refractivity contribution in [2.75, 3.05) is 17.4 Å². The Labute approximate surface area is 253 Å². The minimum absolute atomic E-state index is 0.00353. The highest BCUT2D eigenvalue weighted by Crippen LogP contribution is 2.27. The van der Waals surface area contributed by atoms with Gasteiger partial charge in [-0.15, -0.1) is 0 Å². The van der Waals surface area contributed by atoms with Crippen LogP contribution in [0.5, 0.6) is 0 Å². The van der Waals surface area contributed by atoms with Gasteiger partial charge in [0.1, 0.15) is 12.6 Å². The van der Waals surface area contributed by atoms with Crippen molar-refractivity contribution in [3.8, 4) is 0 Å². The number of hydrogen-bond donors (Lipinski definition) is 1. The number of carbonyl (C=O) groups excluding carboxylic acids is 2. The summed E-state index contributed by atoms with van der Waals surface area (Å²) in [5, 5.41) is 3.70. The number of rotatable bonds is 13. The molecule has 0 saturated carbocycles. The predicted molar refractivity (Wildman–Crippen MR) is 166 cm³/mol. The average Bonchev–Trinajstić information content (AvgIpc) is 2.96. The number of nitrogens with zero attached hydrogens (tertiary/aromatic N) is 2. The zero-order valence-corrected chi connectivity index (χ0v) is 26.1. The lowest BCUT2D eigenvalue weighted by molar-refractivity contribution is -0.140. The summed E-state index contributed by atoms with van der Waals surface area (Å²) < 4.78 is 28.9. The van der Waals surface area contributed by atoms with Gasteiger partial charge in [-0.25, -0.2) is 8.42 Å². The van der Waals surface area contributed by atoms with Crippen molar-refractivity contribution in [3.63, 3.8) is 0 Å². The minimum atomic E-state index is -4.12. The Kier molecular flexibility index (Phi) is 11.6. The van der Waals surface area contributed by atoms with Crippen LogP contribution in [0.2, 0.25) is 10.0 Å². The Hall–Kier alpha value is -3.07. The average molecular weight is 619 g/mol. The van der Waals surface area contributed by atoms with Gasteiger partial charge in [0.15, 0.2) is 0 Å². The van der Waals surface area contributed by atoms with Gasteiger partial charge >= 0.3 is 0 Å². The molecule has 7 nitrogen and oxygen atoms in total. The van der Waals surface area contributed by atoms with E-state index in [1.165, 1.54) is 17.0 Å². The minimum Gasteiger partial charge on any atom is -0.354 e. The fourth-order valence-corrected chi connectivity index (χ4v) is 6.23. The SMILES string of the molecule is CCc1ccc(N(CC(=O)N(Cc2ccc(Cl)cc2Cl)C(CC)C(=O)NCC(C)C)S(=O)(=O)c2ccccc2)cc1. The largest absolute Gasteiger partial charge is 0.354 e. The Morgan fingerprint density at radius 2 is 1.59 bits per heavy atom. The van der Waals surface area contributed by atoms with Crippen molar-refractivity contribution in [2.24, 2.45) is 5.92 Å². The number of anilines is 1. The molecule has 0 aliphatic carbocycles. The van der Waals surface area contributed by atoms with Crippen molar-refractivity contribution in [1.82, 2.24) is 10.2 Å². The highest BCUT2D eigenvalue weighted by atomic mass is 35.5. The molecule has 3 rings (SSSR count). The van der Waals surface area contributed by atoms with Gasteiger partial charge in [0, 0.05) is 23.1 Å². The molecule has 0 spiro atoms. The molecule has 220 valence electrons. The third-order valence-corrected chi connectivity index (χ3v) is 9.04. The predicted octanol–water partition coefficient (Wildman–Crippen LogP) is 6.33. The van der Waals surface area contributed by atoms with E-state index in [9.17, 15) is 18.0 Å². The highest BCUT2D eigenvalue weighted by molar-refractivity contribution is 7.92. The van der Waals surface area contributed by atoms with E-state index < -0.39 is 28.5 Å². The van der Waals surface area contributed by atoms with Gasteiger partial charge in [0.25, 0.3) is 10.0 Å². The smallest absolute Gasteiger partial charge is 0.264 e. The molecule has 1 N–H and O–H groups in total. The molecule has 0 fully saturated rings. The van der Waals surface area contributed by atoms with Crippen molar-refractivity contribution >= 4 is 50.7 Å². The lowest BCUT2D eigenvalue weighted by atomic mass is 10.1. The maximum Gasteiger partial charge on any atom is 0.264 e. The first kappa shape index (κ1) is 32.4. The van der Waals surface area contributed by atoms with E-state index in [2.05, 4.69) is 5.32 Å². The van der Waals surface area contributed by atoms with Crippen LogP contribution in [0.25, 0.3) is 0 Å². The second kappa shape index (κ2) is 14.7.